The third kappa shape index (κ3) is 3.68. The van der Waals surface area contributed by atoms with E-state index in [1.807, 2.05) is 0 Å². The molecule has 0 saturated carbocycles. The smallest absolute Gasteiger partial charge is 0.261 e. The fourth-order valence-electron chi connectivity index (χ4n) is 1.94. The second-order valence-electron chi connectivity index (χ2n) is 4.44. The second-order valence-corrected chi connectivity index (χ2v) is 7.01. The van der Waals surface area contributed by atoms with Crippen LogP contribution >= 0.6 is 10.7 Å². The Kier molecular flexibility index (Phi) is 4.62. The van der Waals surface area contributed by atoms with Crippen molar-refractivity contribution < 1.29 is 22.3 Å². The van der Waals surface area contributed by atoms with Crippen LogP contribution in [0.25, 0.3) is 0 Å². The first-order valence-corrected chi connectivity index (χ1v) is 8.31. The number of benzene rings is 1. The molecule has 0 bridgehead atoms. The van der Waals surface area contributed by atoms with Gasteiger partial charge in [-0.25, -0.2) is 12.8 Å². The maximum atomic E-state index is 13.6. The molecule has 1 heterocycles. The highest BCUT2D eigenvalue weighted by Crippen LogP contribution is 2.19. The number of hydrogen-bond donors (Lipinski definition) is 1. The molecule has 2 rings (SSSR count). The fraction of sp³-hybridized carbons (Fsp3) is 0.417. The summed E-state index contributed by atoms with van der Waals surface area (Å²) < 4.78 is 41.2. The Bertz CT molecular complexity index is 614. The monoisotopic (exact) mass is 321 g/mol. The Morgan fingerprint density at radius 3 is 2.60 bits per heavy atom. The van der Waals surface area contributed by atoms with E-state index in [1.165, 1.54) is 0 Å². The van der Waals surface area contributed by atoms with Crippen LogP contribution in [0.5, 0.6) is 0 Å². The quantitative estimate of drug-likeness (QED) is 0.859. The number of ether oxygens (including phenoxy) is 1. The molecule has 0 aliphatic carbocycles. The minimum absolute atomic E-state index is 0.105. The molecule has 1 aliphatic rings. The van der Waals surface area contributed by atoms with Crippen LogP contribution < -0.4 is 5.32 Å². The van der Waals surface area contributed by atoms with Crippen LogP contribution in [-0.4, -0.2) is 33.6 Å². The van der Waals surface area contributed by atoms with E-state index in [0.717, 1.165) is 18.2 Å². The molecule has 1 saturated heterocycles. The normalized spacial score (nSPS) is 16.9. The number of nitrogens with one attached hydrogen (secondary N) is 1. The molecule has 1 fully saturated rings. The Morgan fingerprint density at radius 2 is 2.00 bits per heavy atom. The summed E-state index contributed by atoms with van der Waals surface area (Å²) in [5, 5.41) is 2.66. The standard InChI is InChI=1S/C12H13ClFNO4S/c13-20(17,18)9-1-2-11(14)10(7-9)12(16)15-8-3-5-19-6-4-8/h1-2,7-8H,3-6H2,(H,15,16). The maximum Gasteiger partial charge on any atom is 0.261 e. The molecule has 5 nitrogen and oxygen atoms in total. The Balaban J connectivity index is 2.20. The van der Waals surface area contributed by atoms with Crippen LogP contribution in [0.4, 0.5) is 4.39 Å². The van der Waals surface area contributed by atoms with E-state index in [-0.39, 0.29) is 16.5 Å². The van der Waals surface area contributed by atoms with Gasteiger partial charge in [-0.15, -0.1) is 0 Å². The van der Waals surface area contributed by atoms with Gasteiger partial charge in [-0.05, 0) is 31.0 Å². The minimum Gasteiger partial charge on any atom is -0.381 e. The molecular weight excluding hydrogens is 309 g/mol. The van der Waals surface area contributed by atoms with Crippen molar-refractivity contribution in [1.82, 2.24) is 5.32 Å². The Labute approximate surface area is 120 Å². The average molecular weight is 322 g/mol. The third-order valence-corrected chi connectivity index (χ3v) is 4.37. The summed E-state index contributed by atoms with van der Waals surface area (Å²) in [6.45, 7) is 1.06. The SMILES string of the molecule is O=C(NC1CCOCC1)c1cc(S(=O)(=O)Cl)ccc1F. The Morgan fingerprint density at radius 1 is 1.35 bits per heavy atom. The first-order chi connectivity index (χ1) is 9.38. The van der Waals surface area contributed by atoms with Gasteiger partial charge in [-0.1, -0.05) is 0 Å². The van der Waals surface area contributed by atoms with E-state index < -0.39 is 20.8 Å². The molecule has 0 spiro atoms. The molecule has 1 amide bonds. The van der Waals surface area contributed by atoms with Gasteiger partial charge in [-0.3, -0.25) is 4.79 Å². The predicted molar refractivity (Wildman–Crippen MR) is 70.7 cm³/mol. The molecule has 1 aliphatic heterocycles. The second kappa shape index (κ2) is 6.07. The Hall–Kier alpha value is -1.18. The van der Waals surface area contributed by atoms with E-state index >= 15 is 0 Å². The third-order valence-electron chi connectivity index (χ3n) is 3.02. The van der Waals surface area contributed by atoms with Crippen molar-refractivity contribution in [1.29, 1.82) is 0 Å². The van der Waals surface area contributed by atoms with Crippen molar-refractivity contribution in [2.45, 2.75) is 23.8 Å². The van der Waals surface area contributed by atoms with Crippen LogP contribution in [0, 0.1) is 5.82 Å². The minimum atomic E-state index is -4.00. The van der Waals surface area contributed by atoms with E-state index in [9.17, 15) is 17.6 Å². The van der Waals surface area contributed by atoms with Crippen molar-refractivity contribution in [3.05, 3.63) is 29.6 Å². The van der Waals surface area contributed by atoms with Crippen molar-refractivity contribution in [2.24, 2.45) is 0 Å². The first-order valence-electron chi connectivity index (χ1n) is 6.01. The highest BCUT2D eigenvalue weighted by atomic mass is 35.7. The van der Waals surface area contributed by atoms with Gasteiger partial charge >= 0.3 is 0 Å². The number of halogens is 2. The van der Waals surface area contributed by atoms with Crippen molar-refractivity contribution in [3.63, 3.8) is 0 Å². The zero-order valence-corrected chi connectivity index (χ0v) is 12.0. The van der Waals surface area contributed by atoms with Gasteiger partial charge in [0.05, 0.1) is 10.5 Å². The predicted octanol–water partition coefficient (Wildman–Crippen LogP) is 1.66. The number of rotatable bonds is 3. The number of hydrogen-bond acceptors (Lipinski definition) is 4. The lowest BCUT2D eigenvalue weighted by Crippen LogP contribution is -2.39. The van der Waals surface area contributed by atoms with Gasteiger partial charge in [0.15, 0.2) is 0 Å². The molecule has 0 atom stereocenters. The number of carbonyl (C=O) groups is 1. The molecule has 8 heteroatoms. The number of amides is 1. The van der Waals surface area contributed by atoms with Crippen molar-refractivity contribution >= 4 is 25.6 Å². The van der Waals surface area contributed by atoms with E-state index in [0.29, 0.717) is 26.1 Å². The fourth-order valence-corrected chi connectivity index (χ4v) is 2.71. The van der Waals surface area contributed by atoms with E-state index in [2.05, 4.69) is 5.32 Å². The first kappa shape index (κ1) is 15.2. The van der Waals surface area contributed by atoms with Crippen LogP contribution in [0.2, 0.25) is 0 Å². The summed E-state index contributed by atoms with van der Waals surface area (Å²) in [5.74, 6) is -1.45. The van der Waals surface area contributed by atoms with Gasteiger partial charge in [0.1, 0.15) is 5.82 Å². The van der Waals surface area contributed by atoms with Crippen LogP contribution in [0.15, 0.2) is 23.1 Å². The molecule has 0 aromatic heterocycles. The van der Waals surface area contributed by atoms with Crippen LogP contribution in [-0.2, 0) is 13.8 Å². The lowest BCUT2D eigenvalue weighted by molar-refractivity contribution is 0.0694. The lowest BCUT2D eigenvalue weighted by Gasteiger charge is -2.23. The van der Waals surface area contributed by atoms with Gasteiger partial charge in [0, 0.05) is 29.9 Å². The number of carbonyl (C=O) groups excluding carboxylic acids is 1. The summed E-state index contributed by atoms with van der Waals surface area (Å²) in [6, 6.07) is 2.76. The summed E-state index contributed by atoms with van der Waals surface area (Å²) in [4.78, 5) is 11.7. The average Bonchev–Trinajstić information content (AvgIpc) is 2.39. The highest BCUT2D eigenvalue weighted by molar-refractivity contribution is 8.13. The highest BCUT2D eigenvalue weighted by Gasteiger charge is 2.21. The summed E-state index contributed by atoms with van der Waals surface area (Å²) in [7, 11) is 1.18. The van der Waals surface area contributed by atoms with E-state index in [1.54, 1.807) is 0 Å². The largest absolute Gasteiger partial charge is 0.381 e. The van der Waals surface area contributed by atoms with Crippen LogP contribution in [0.1, 0.15) is 23.2 Å². The molecule has 0 radical (unpaired) electrons. The maximum absolute atomic E-state index is 13.6. The molecule has 20 heavy (non-hydrogen) atoms. The molecule has 0 unspecified atom stereocenters. The van der Waals surface area contributed by atoms with Crippen molar-refractivity contribution in [2.75, 3.05) is 13.2 Å². The summed E-state index contributed by atoms with van der Waals surface area (Å²) in [5.41, 5.74) is -0.335. The molecular formula is C12H13ClFNO4S. The van der Waals surface area contributed by atoms with Gasteiger partial charge < -0.3 is 10.1 Å². The van der Waals surface area contributed by atoms with Gasteiger partial charge in [-0.2, -0.15) is 0 Å². The summed E-state index contributed by atoms with van der Waals surface area (Å²) in [6.07, 6.45) is 1.28. The topological polar surface area (TPSA) is 72.5 Å². The van der Waals surface area contributed by atoms with E-state index in [4.69, 9.17) is 15.4 Å². The summed E-state index contributed by atoms with van der Waals surface area (Å²) >= 11 is 0. The zero-order valence-electron chi connectivity index (χ0n) is 10.4. The molecule has 1 aromatic rings. The molecule has 1 N–H and O–H groups in total. The lowest BCUT2D eigenvalue weighted by atomic mass is 10.1. The zero-order chi connectivity index (χ0) is 14.8. The van der Waals surface area contributed by atoms with Gasteiger partial charge in [0.2, 0.25) is 0 Å². The van der Waals surface area contributed by atoms with Gasteiger partial charge in [0.25, 0.3) is 15.0 Å². The molecule has 110 valence electrons. The van der Waals surface area contributed by atoms with Crippen LogP contribution in [0.3, 0.4) is 0 Å². The van der Waals surface area contributed by atoms with Crippen molar-refractivity contribution in [3.8, 4) is 0 Å². The molecule has 1 aromatic carbocycles.